The van der Waals surface area contributed by atoms with Crippen molar-refractivity contribution in [1.29, 1.82) is 0 Å². The first kappa shape index (κ1) is 14.9. The third-order valence-corrected chi connectivity index (χ3v) is 3.36. The van der Waals surface area contributed by atoms with Crippen molar-refractivity contribution in [3.05, 3.63) is 65.0 Å². The van der Waals surface area contributed by atoms with Crippen molar-refractivity contribution in [2.45, 2.75) is 13.8 Å². The summed E-state index contributed by atoms with van der Waals surface area (Å²) >= 11 is 0. The molecule has 3 aromatic rings. The predicted octanol–water partition coefficient (Wildman–Crippen LogP) is 3.74. The lowest BCUT2D eigenvalue weighted by molar-refractivity contribution is 0.102. The molecule has 0 atom stereocenters. The van der Waals surface area contributed by atoms with E-state index in [1.54, 1.807) is 0 Å². The van der Waals surface area contributed by atoms with Crippen molar-refractivity contribution in [2.24, 2.45) is 0 Å². The summed E-state index contributed by atoms with van der Waals surface area (Å²) in [5.41, 5.74) is 3.04. The Balaban J connectivity index is 1.82. The van der Waals surface area contributed by atoms with Crippen LogP contribution in [0.15, 0.2) is 46.9 Å². The fourth-order valence-corrected chi connectivity index (χ4v) is 2.15. The maximum atomic E-state index is 13.1. The van der Waals surface area contributed by atoms with Gasteiger partial charge in [0.2, 0.25) is 5.89 Å². The fourth-order valence-electron chi connectivity index (χ4n) is 2.15. The topological polar surface area (TPSA) is 68.0 Å². The number of anilines is 1. The van der Waals surface area contributed by atoms with Crippen LogP contribution in [0, 0.1) is 19.7 Å². The minimum Gasteiger partial charge on any atom is -0.403 e. The summed E-state index contributed by atoms with van der Waals surface area (Å²) in [5.74, 6) is -0.680. The molecule has 0 aliphatic rings. The van der Waals surface area contributed by atoms with Crippen molar-refractivity contribution in [1.82, 2.24) is 10.2 Å². The van der Waals surface area contributed by atoms with Crippen LogP contribution < -0.4 is 5.32 Å². The Morgan fingerprint density at radius 3 is 2.74 bits per heavy atom. The molecule has 116 valence electrons. The van der Waals surface area contributed by atoms with Crippen LogP contribution >= 0.6 is 0 Å². The van der Waals surface area contributed by atoms with Gasteiger partial charge in [0.05, 0.1) is 0 Å². The Kier molecular flexibility index (Phi) is 3.89. The fraction of sp³-hybridized carbons (Fsp3) is 0.118. The van der Waals surface area contributed by atoms with Crippen molar-refractivity contribution in [3.8, 4) is 11.5 Å². The third-order valence-electron chi connectivity index (χ3n) is 3.36. The molecule has 5 nitrogen and oxygen atoms in total. The molecule has 1 amide bonds. The van der Waals surface area contributed by atoms with E-state index in [9.17, 15) is 9.18 Å². The summed E-state index contributed by atoms with van der Waals surface area (Å²) < 4.78 is 18.6. The van der Waals surface area contributed by atoms with Gasteiger partial charge in [-0.25, -0.2) is 4.39 Å². The van der Waals surface area contributed by atoms with Gasteiger partial charge in [-0.15, -0.1) is 5.10 Å². The lowest BCUT2D eigenvalue weighted by atomic mass is 10.1. The van der Waals surface area contributed by atoms with Crippen LogP contribution in [-0.4, -0.2) is 16.1 Å². The van der Waals surface area contributed by atoms with Crippen LogP contribution in [0.3, 0.4) is 0 Å². The van der Waals surface area contributed by atoms with Gasteiger partial charge in [0, 0.05) is 11.1 Å². The average Bonchev–Trinajstić information content (AvgIpc) is 2.98. The van der Waals surface area contributed by atoms with Crippen LogP contribution in [-0.2, 0) is 0 Å². The van der Waals surface area contributed by atoms with E-state index in [4.69, 9.17) is 4.42 Å². The largest absolute Gasteiger partial charge is 0.403 e. The number of carbonyl (C=O) groups excluding carboxylic acids is 1. The van der Waals surface area contributed by atoms with E-state index in [1.165, 1.54) is 18.2 Å². The zero-order chi connectivity index (χ0) is 16.4. The number of carbonyl (C=O) groups is 1. The maximum Gasteiger partial charge on any atom is 0.322 e. The summed E-state index contributed by atoms with van der Waals surface area (Å²) in [6, 6.07) is 11.2. The lowest BCUT2D eigenvalue weighted by Crippen LogP contribution is -2.12. The van der Waals surface area contributed by atoms with Gasteiger partial charge < -0.3 is 4.42 Å². The Morgan fingerprint density at radius 2 is 1.96 bits per heavy atom. The predicted molar refractivity (Wildman–Crippen MR) is 83.6 cm³/mol. The number of nitrogens with zero attached hydrogens (tertiary/aromatic N) is 2. The van der Waals surface area contributed by atoms with Gasteiger partial charge in [0.15, 0.2) is 0 Å². The van der Waals surface area contributed by atoms with Crippen LogP contribution in [0.5, 0.6) is 0 Å². The van der Waals surface area contributed by atoms with Crippen molar-refractivity contribution < 1.29 is 13.6 Å². The van der Waals surface area contributed by atoms with Crippen molar-refractivity contribution in [2.75, 3.05) is 5.32 Å². The van der Waals surface area contributed by atoms with Crippen LogP contribution in [0.1, 0.15) is 21.5 Å². The van der Waals surface area contributed by atoms with E-state index < -0.39 is 11.7 Å². The highest BCUT2D eigenvalue weighted by atomic mass is 19.1. The van der Waals surface area contributed by atoms with E-state index in [2.05, 4.69) is 15.5 Å². The smallest absolute Gasteiger partial charge is 0.322 e. The zero-order valence-corrected chi connectivity index (χ0v) is 12.6. The van der Waals surface area contributed by atoms with Crippen LogP contribution in [0.4, 0.5) is 10.4 Å². The number of halogens is 1. The lowest BCUT2D eigenvalue weighted by Gasteiger charge is -2.02. The number of aryl methyl sites for hydroxylation is 2. The molecule has 2 aromatic carbocycles. The van der Waals surface area contributed by atoms with Gasteiger partial charge >= 0.3 is 6.01 Å². The molecule has 23 heavy (non-hydrogen) atoms. The maximum absolute atomic E-state index is 13.1. The van der Waals surface area contributed by atoms with E-state index in [1.807, 2.05) is 32.0 Å². The van der Waals surface area contributed by atoms with Gasteiger partial charge in [-0.1, -0.05) is 28.9 Å². The second-order valence-corrected chi connectivity index (χ2v) is 5.20. The monoisotopic (exact) mass is 311 g/mol. The molecule has 0 radical (unpaired) electrons. The molecule has 0 aliphatic heterocycles. The van der Waals surface area contributed by atoms with Crippen LogP contribution in [0.2, 0.25) is 0 Å². The molecule has 0 saturated heterocycles. The summed E-state index contributed by atoms with van der Waals surface area (Å²) in [6.07, 6.45) is 0. The van der Waals surface area contributed by atoms with Gasteiger partial charge in [0.1, 0.15) is 5.82 Å². The second-order valence-electron chi connectivity index (χ2n) is 5.20. The quantitative estimate of drug-likeness (QED) is 0.800. The van der Waals surface area contributed by atoms with Gasteiger partial charge in [-0.05, 0) is 43.7 Å². The zero-order valence-electron chi connectivity index (χ0n) is 12.6. The van der Waals surface area contributed by atoms with Gasteiger partial charge in [0.25, 0.3) is 5.91 Å². The molecule has 0 spiro atoms. The molecule has 0 unspecified atom stereocenters. The standard InChI is InChI=1S/C17H14FN3O2/c1-10-6-7-11(2)14(8-10)16-20-21-17(23-16)19-15(22)12-4-3-5-13(18)9-12/h3-9H,1-2H3,(H,19,21,22). The number of rotatable bonds is 3. The number of amides is 1. The number of hydrogen-bond donors (Lipinski definition) is 1. The number of nitrogens with one attached hydrogen (secondary N) is 1. The molecular weight excluding hydrogens is 297 g/mol. The Morgan fingerprint density at radius 1 is 1.13 bits per heavy atom. The Bertz CT molecular complexity index is 874. The first-order valence-corrected chi connectivity index (χ1v) is 7.01. The molecule has 0 aliphatic carbocycles. The molecule has 1 aromatic heterocycles. The third kappa shape index (κ3) is 3.26. The summed E-state index contributed by atoms with van der Waals surface area (Å²) in [6.45, 7) is 3.90. The van der Waals surface area contributed by atoms with E-state index in [0.29, 0.717) is 5.89 Å². The van der Waals surface area contributed by atoms with Gasteiger partial charge in [-0.2, -0.15) is 0 Å². The highest BCUT2D eigenvalue weighted by Crippen LogP contribution is 2.24. The van der Waals surface area contributed by atoms with E-state index in [-0.39, 0.29) is 11.6 Å². The molecule has 0 bridgehead atoms. The SMILES string of the molecule is Cc1ccc(C)c(-c2nnc(NC(=O)c3cccc(F)c3)o2)c1. The van der Waals surface area contributed by atoms with E-state index >= 15 is 0 Å². The average molecular weight is 311 g/mol. The van der Waals surface area contributed by atoms with Crippen LogP contribution in [0.25, 0.3) is 11.5 Å². The summed E-state index contributed by atoms with van der Waals surface area (Å²) in [5, 5.41) is 10.2. The van der Waals surface area contributed by atoms with Gasteiger partial charge in [-0.3, -0.25) is 10.1 Å². The summed E-state index contributed by atoms with van der Waals surface area (Å²) in [4.78, 5) is 12.0. The van der Waals surface area contributed by atoms with Crippen molar-refractivity contribution >= 4 is 11.9 Å². The highest BCUT2D eigenvalue weighted by molar-refractivity contribution is 6.03. The Hall–Kier alpha value is -3.02. The minimum absolute atomic E-state index is 0.0323. The minimum atomic E-state index is -0.513. The molecule has 1 N–H and O–H groups in total. The number of aromatic nitrogens is 2. The first-order valence-electron chi connectivity index (χ1n) is 7.01. The molecule has 0 fully saturated rings. The van der Waals surface area contributed by atoms with Crippen molar-refractivity contribution in [3.63, 3.8) is 0 Å². The normalized spacial score (nSPS) is 10.6. The molecular formula is C17H14FN3O2. The molecule has 6 heteroatoms. The first-order chi connectivity index (χ1) is 11.0. The summed E-state index contributed by atoms with van der Waals surface area (Å²) in [7, 11) is 0. The number of hydrogen-bond acceptors (Lipinski definition) is 4. The highest BCUT2D eigenvalue weighted by Gasteiger charge is 2.14. The molecule has 0 saturated carbocycles. The molecule has 1 heterocycles. The van der Waals surface area contributed by atoms with E-state index in [0.717, 1.165) is 22.8 Å². The number of benzene rings is 2. The Labute approximate surface area is 132 Å². The molecule has 3 rings (SSSR count). The second kappa shape index (κ2) is 6.00.